The smallest absolute Gasteiger partial charge is 0.244 e. The molecule has 1 N–H and O–H groups in total. The number of fused-ring (bicyclic) bond motifs is 1. The summed E-state index contributed by atoms with van der Waals surface area (Å²) in [7, 11) is 0. The van der Waals surface area contributed by atoms with E-state index in [-0.39, 0.29) is 17.4 Å². The van der Waals surface area contributed by atoms with Gasteiger partial charge in [-0.1, -0.05) is 57.2 Å². The first kappa shape index (κ1) is 18.1. The predicted molar refractivity (Wildman–Crippen MR) is 104 cm³/mol. The maximum Gasteiger partial charge on any atom is 0.244 e. The molecular formula is C22H25NO3. The first-order valence-corrected chi connectivity index (χ1v) is 8.87. The third kappa shape index (κ3) is 4.66. The minimum Gasteiger partial charge on any atom is -0.486 e. The molecule has 0 aromatic heterocycles. The minimum absolute atomic E-state index is 0.125. The predicted octanol–water partition coefficient (Wildman–Crippen LogP) is 3.95. The molecule has 0 aliphatic carbocycles. The Bertz CT molecular complexity index is 788. The van der Waals surface area contributed by atoms with Crippen LogP contribution < -0.4 is 14.8 Å². The summed E-state index contributed by atoms with van der Waals surface area (Å²) in [6.07, 6.45) is 3.17. The monoisotopic (exact) mass is 351 g/mol. The second-order valence-electron chi connectivity index (χ2n) is 7.45. The summed E-state index contributed by atoms with van der Waals surface area (Å²) in [5.74, 6) is 1.31. The lowest BCUT2D eigenvalue weighted by atomic mass is 9.87. The normalized spacial score (nSPS) is 16.5. The lowest BCUT2D eigenvalue weighted by Crippen LogP contribution is -2.40. The summed E-state index contributed by atoms with van der Waals surface area (Å²) in [6.45, 7) is 7.37. The topological polar surface area (TPSA) is 47.6 Å². The number of carbonyl (C=O) groups is 1. The summed E-state index contributed by atoms with van der Waals surface area (Å²) in [6, 6.07) is 15.8. The van der Waals surface area contributed by atoms with Gasteiger partial charge in [0.15, 0.2) is 11.5 Å². The van der Waals surface area contributed by atoms with Gasteiger partial charge in [0.05, 0.1) is 6.54 Å². The zero-order chi connectivity index (χ0) is 18.6. The number of amides is 1. The molecule has 2 aromatic carbocycles. The molecule has 26 heavy (non-hydrogen) atoms. The lowest BCUT2D eigenvalue weighted by molar-refractivity contribution is -0.116. The average molecular weight is 351 g/mol. The molecule has 0 bridgehead atoms. The van der Waals surface area contributed by atoms with Crippen molar-refractivity contribution in [2.75, 3.05) is 13.2 Å². The van der Waals surface area contributed by atoms with E-state index in [4.69, 9.17) is 9.47 Å². The summed E-state index contributed by atoms with van der Waals surface area (Å²) < 4.78 is 11.5. The Morgan fingerprint density at radius 1 is 1.12 bits per heavy atom. The molecule has 3 rings (SSSR count). The Kier molecular flexibility index (Phi) is 5.31. The molecule has 136 valence electrons. The van der Waals surface area contributed by atoms with Crippen LogP contribution in [0.5, 0.6) is 11.5 Å². The fourth-order valence-electron chi connectivity index (χ4n) is 2.70. The molecule has 0 unspecified atom stereocenters. The van der Waals surface area contributed by atoms with Crippen molar-refractivity contribution in [1.29, 1.82) is 0 Å². The van der Waals surface area contributed by atoms with Crippen molar-refractivity contribution < 1.29 is 14.3 Å². The van der Waals surface area contributed by atoms with Gasteiger partial charge in [0.2, 0.25) is 5.91 Å². The third-order valence-electron chi connectivity index (χ3n) is 4.28. The van der Waals surface area contributed by atoms with Gasteiger partial charge < -0.3 is 14.8 Å². The first-order chi connectivity index (χ1) is 12.4. The third-order valence-corrected chi connectivity index (χ3v) is 4.28. The van der Waals surface area contributed by atoms with Crippen molar-refractivity contribution in [3.63, 3.8) is 0 Å². The molecule has 1 heterocycles. The highest BCUT2D eigenvalue weighted by atomic mass is 16.6. The molecule has 1 aliphatic heterocycles. The first-order valence-electron chi connectivity index (χ1n) is 8.87. The van der Waals surface area contributed by atoms with Gasteiger partial charge in [-0.3, -0.25) is 4.79 Å². The fourth-order valence-corrected chi connectivity index (χ4v) is 2.70. The molecule has 0 saturated carbocycles. The molecule has 0 radical (unpaired) electrons. The Labute approximate surface area is 154 Å². The van der Waals surface area contributed by atoms with Crippen LogP contribution in [-0.2, 0) is 10.2 Å². The van der Waals surface area contributed by atoms with E-state index in [1.54, 1.807) is 6.08 Å². The van der Waals surface area contributed by atoms with Crippen LogP contribution in [0.15, 0.2) is 54.6 Å². The SMILES string of the molecule is CC(C)(C)c1ccc(/C=C/C(=O)NC[C@@H]2COc3ccccc3O2)cc1. The Morgan fingerprint density at radius 3 is 2.50 bits per heavy atom. The summed E-state index contributed by atoms with van der Waals surface area (Å²) in [5, 5.41) is 2.86. The van der Waals surface area contributed by atoms with Gasteiger partial charge in [0.25, 0.3) is 0 Å². The van der Waals surface area contributed by atoms with E-state index in [2.05, 4.69) is 38.2 Å². The van der Waals surface area contributed by atoms with Gasteiger partial charge in [0, 0.05) is 6.08 Å². The fraction of sp³-hybridized carbons (Fsp3) is 0.318. The van der Waals surface area contributed by atoms with E-state index >= 15 is 0 Å². The standard InChI is InChI=1S/C22H25NO3/c1-22(2,3)17-11-8-16(9-12-17)10-13-21(24)23-14-18-15-25-19-6-4-5-7-20(19)26-18/h4-13,18H,14-15H2,1-3H3,(H,23,24)/b13-10+/t18-/m1/s1. The Morgan fingerprint density at radius 2 is 1.81 bits per heavy atom. The number of hydrogen-bond donors (Lipinski definition) is 1. The zero-order valence-corrected chi connectivity index (χ0v) is 15.5. The molecule has 0 saturated heterocycles. The van der Waals surface area contributed by atoms with Gasteiger partial charge in [-0.15, -0.1) is 0 Å². The maximum absolute atomic E-state index is 12.0. The molecule has 0 spiro atoms. The van der Waals surface area contributed by atoms with Crippen molar-refractivity contribution in [2.45, 2.75) is 32.3 Å². The van der Waals surface area contributed by atoms with Crippen molar-refractivity contribution in [1.82, 2.24) is 5.32 Å². The van der Waals surface area contributed by atoms with Crippen molar-refractivity contribution >= 4 is 12.0 Å². The van der Waals surface area contributed by atoms with E-state index in [9.17, 15) is 4.79 Å². The Hall–Kier alpha value is -2.75. The number of carbonyl (C=O) groups excluding carboxylic acids is 1. The molecule has 4 nitrogen and oxygen atoms in total. The van der Waals surface area contributed by atoms with E-state index < -0.39 is 0 Å². The highest BCUT2D eigenvalue weighted by molar-refractivity contribution is 5.91. The van der Waals surface area contributed by atoms with Crippen molar-refractivity contribution in [3.8, 4) is 11.5 Å². The quantitative estimate of drug-likeness (QED) is 0.849. The summed E-state index contributed by atoms with van der Waals surface area (Å²) >= 11 is 0. The van der Waals surface area contributed by atoms with Crippen molar-refractivity contribution in [3.05, 3.63) is 65.7 Å². The number of para-hydroxylation sites is 2. The second kappa shape index (κ2) is 7.65. The van der Waals surface area contributed by atoms with Crippen LogP contribution in [0, 0.1) is 0 Å². The number of rotatable bonds is 4. The lowest BCUT2D eigenvalue weighted by Gasteiger charge is -2.26. The van der Waals surface area contributed by atoms with Gasteiger partial charge in [0.1, 0.15) is 12.7 Å². The van der Waals surface area contributed by atoms with E-state index in [0.29, 0.717) is 18.9 Å². The van der Waals surface area contributed by atoms with Crippen LogP contribution in [0.25, 0.3) is 6.08 Å². The Balaban J connectivity index is 1.49. The van der Waals surface area contributed by atoms with Crippen molar-refractivity contribution in [2.24, 2.45) is 0 Å². The van der Waals surface area contributed by atoms with Crippen LogP contribution in [0.2, 0.25) is 0 Å². The minimum atomic E-state index is -0.187. The number of ether oxygens (including phenoxy) is 2. The van der Waals surface area contributed by atoms with E-state index in [1.807, 2.05) is 42.5 Å². The van der Waals surface area contributed by atoms with E-state index in [0.717, 1.165) is 11.3 Å². The van der Waals surface area contributed by atoms with Crippen LogP contribution >= 0.6 is 0 Å². The zero-order valence-electron chi connectivity index (χ0n) is 15.5. The largest absolute Gasteiger partial charge is 0.486 e. The van der Waals surface area contributed by atoms with E-state index in [1.165, 1.54) is 5.56 Å². The van der Waals surface area contributed by atoms with Crippen LogP contribution in [0.4, 0.5) is 0 Å². The number of benzene rings is 2. The van der Waals surface area contributed by atoms with Gasteiger partial charge >= 0.3 is 0 Å². The number of hydrogen-bond acceptors (Lipinski definition) is 3. The average Bonchev–Trinajstić information content (AvgIpc) is 2.64. The van der Waals surface area contributed by atoms with Gasteiger partial charge in [-0.25, -0.2) is 0 Å². The maximum atomic E-state index is 12.0. The molecule has 0 fully saturated rings. The highest BCUT2D eigenvalue weighted by Crippen LogP contribution is 2.30. The van der Waals surface area contributed by atoms with Gasteiger partial charge in [-0.2, -0.15) is 0 Å². The highest BCUT2D eigenvalue weighted by Gasteiger charge is 2.20. The molecule has 1 atom stereocenters. The molecule has 1 amide bonds. The van der Waals surface area contributed by atoms with Crippen LogP contribution in [-0.4, -0.2) is 25.2 Å². The molecule has 1 aliphatic rings. The second-order valence-corrected chi connectivity index (χ2v) is 7.45. The van der Waals surface area contributed by atoms with Crippen LogP contribution in [0.3, 0.4) is 0 Å². The molecule has 2 aromatic rings. The molecular weight excluding hydrogens is 326 g/mol. The summed E-state index contributed by atoms with van der Waals surface area (Å²) in [4.78, 5) is 12.0. The van der Waals surface area contributed by atoms with Crippen LogP contribution in [0.1, 0.15) is 31.9 Å². The van der Waals surface area contributed by atoms with Gasteiger partial charge in [-0.05, 0) is 34.8 Å². The molecule has 4 heteroatoms. The number of nitrogens with one attached hydrogen (secondary N) is 1. The summed E-state index contributed by atoms with van der Waals surface area (Å²) in [5.41, 5.74) is 2.40.